The van der Waals surface area contributed by atoms with E-state index < -0.39 is 16.0 Å². The lowest BCUT2D eigenvalue weighted by atomic mass is 9.97. The molecule has 0 radical (unpaired) electrons. The molecule has 144 valence electrons. The summed E-state index contributed by atoms with van der Waals surface area (Å²) >= 11 is 0. The zero-order chi connectivity index (χ0) is 19.2. The average molecular weight is 381 g/mol. The Hall–Kier alpha value is -1.86. The fraction of sp³-hybridized carbons (Fsp3) is 0.526. The van der Waals surface area contributed by atoms with Gasteiger partial charge in [0.05, 0.1) is 10.5 Å². The number of allylic oxidation sites excluding steroid dienone is 1. The summed E-state index contributed by atoms with van der Waals surface area (Å²) in [5, 5.41) is 12.5. The Morgan fingerprint density at radius 2 is 2.08 bits per heavy atom. The van der Waals surface area contributed by atoms with E-state index >= 15 is 0 Å². The zero-order valence-corrected chi connectivity index (χ0v) is 16.2. The number of rotatable bonds is 9. The van der Waals surface area contributed by atoms with Crippen LogP contribution < -0.4 is 10.0 Å². The molecule has 0 spiro atoms. The smallest absolute Gasteiger partial charge is 0.337 e. The van der Waals surface area contributed by atoms with Crippen LogP contribution in [0.5, 0.6) is 0 Å². The van der Waals surface area contributed by atoms with Gasteiger partial charge in [-0.15, -0.1) is 0 Å². The van der Waals surface area contributed by atoms with Gasteiger partial charge < -0.3 is 10.4 Å². The summed E-state index contributed by atoms with van der Waals surface area (Å²) in [6.45, 7) is 4.25. The average Bonchev–Trinajstić information content (AvgIpc) is 2.62. The maximum absolute atomic E-state index is 12.5. The molecule has 0 amide bonds. The van der Waals surface area contributed by atoms with Crippen LogP contribution in [-0.4, -0.2) is 32.1 Å². The first kappa shape index (κ1) is 20.5. The molecule has 0 bridgehead atoms. The highest BCUT2D eigenvalue weighted by Crippen LogP contribution is 2.23. The van der Waals surface area contributed by atoms with Crippen molar-refractivity contribution < 1.29 is 18.3 Å². The van der Waals surface area contributed by atoms with Gasteiger partial charge in [0, 0.05) is 18.3 Å². The normalized spacial score (nSPS) is 16.0. The van der Waals surface area contributed by atoms with Crippen LogP contribution in [0, 0.1) is 0 Å². The molecule has 26 heavy (non-hydrogen) atoms. The summed E-state index contributed by atoms with van der Waals surface area (Å²) in [7, 11) is -3.74. The number of carbonyl (C=O) groups is 1. The molecule has 0 aliphatic heterocycles. The number of carboxylic acids is 1. The number of anilines is 1. The van der Waals surface area contributed by atoms with Gasteiger partial charge in [-0.1, -0.05) is 18.6 Å². The van der Waals surface area contributed by atoms with E-state index in [2.05, 4.69) is 16.1 Å². The van der Waals surface area contributed by atoms with Crippen molar-refractivity contribution in [2.45, 2.75) is 63.3 Å². The molecule has 6 nitrogen and oxygen atoms in total. The highest BCUT2D eigenvalue weighted by Gasteiger charge is 2.19. The number of hydrogen-bond donors (Lipinski definition) is 3. The predicted octanol–water partition coefficient (Wildman–Crippen LogP) is 3.76. The number of aromatic carboxylic acids is 1. The third-order valence-corrected chi connectivity index (χ3v) is 6.13. The summed E-state index contributed by atoms with van der Waals surface area (Å²) in [6.07, 6.45) is 8.16. The van der Waals surface area contributed by atoms with Gasteiger partial charge in [-0.3, -0.25) is 0 Å². The van der Waals surface area contributed by atoms with Crippen molar-refractivity contribution in [2.75, 3.05) is 11.9 Å². The van der Waals surface area contributed by atoms with Gasteiger partial charge in [-0.25, -0.2) is 17.9 Å². The SMILES string of the molecule is CC[C@H](C)Nc1ccc(S(=O)(=O)NCCC2=CCCCC2)cc1C(=O)O. The predicted molar refractivity (Wildman–Crippen MR) is 103 cm³/mol. The molecule has 2 rings (SSSR count). The Morgan fingerprint density at radius 1 is 1.31 bits per heavy atom. The number of benzene rings is 1. The minimum absolute atomic E-state index is 0.0257. The molecule has 1 aromatic carbocycles. The number of carboxylic acid groups (broad SMARTS) is 1. The Labute approximate surface area is 155 Å². The van der Waals surface area contributed by atoms with Gasteiger partial charge in [0.25, 0.3) is 0 Å². The number of nitrogens with one attached hydrogen (secondary N) is 2. The van der Waals surface area contributed by atoms with E-state index in [-0.39, 0.29) is 16.5 Å². The molecule has 0 aromatic heterocycles. The molecule has 7 heteroatoms. The quantitative estimate of drug-likeness (QED) is 0.567. The molecule has 1 aliphatic carbocycles. The van der Waals surface area contributed by atoms with Crippen LogP contribution in [-0.2, 0) is 10.0 Å². The first-order valence-corrected chi connectivity index (χ1v) is 10.6. The number of sulfonamides is 1. The number of hydrogen-bond acceptors (Lipinski definition) is 4. The van der Waals surface area contributed by atoms with Crippen LogP contribution in [0.4, 0.5) is 5.69 Å². The zero-order valence-electron chi connectivity index (χ0n) is 15.4. The maximum Gasteiger partial charge on any atom is 0.337 e. The van der Waals surface area contributed by atoms with E-state index in [1.165, 1.54) is 30.2 Å². The van der Waals surface area contributed by atoms with E-state index in [1.807, 2.05) is 13.8 Å². The fourth-order valence-corrected chi connectivity index (χ4v) is 3.98. The Bertz CT molecular complexity index is 772. The molecule has 1 aromatic rings. The van der Waals surface area contributed by atoms with E-state index in [0.29, 0.717) is 18.7 Å². The van der Waals surface area contributed by atoms with Crippen molar-refractivity contribution >= 4 is 21.7 Å². The van der Waals surface area contributed by atoms with Crippen LogP contribution >= 0.6 is 0 Å². The van der Waals surface area contributed by atoms with Gasteiger partial charge >= 0.3 is 5.97 Å². The van der Waals surface area contributed by atoms with Crippen LogP contribution in [0.1, 0.15) is 62.7 Å². The van der Waals surface area contributed by atoms with Crippen molar-refractivity contribution in [3.8, 4) is 0 Å². The first-order valence-electron chi connectivity index (χ1n) is 9.15. The van der Waals surface area contributed by atoms with Gasteiger partial charge in [0.1, 0.15) is 0 Å². The molecule has 0 unspecified atom stereocenters. The molecule has 1 atom stereocenters. The summed E-state index contributed by atoms with van der Waals surface area (Å²) in [5.41, 5.74) is 1.68. The second-order valence-electron chi connectivity index (χ2n) is 6.72. The van der Waals surface area contributed by atoms with Crippen molar-refractivity contribution in [3.63, 3.8) is 0 Å². The molecule has 0 heterocycles. The Kier molecular flexibility index (Phi) is 7.23. The topological polar surface area (TPSA) is 95.5 Å². The summed E-state index contributed by atoms with van der Waals surface area (Å²) < 4.78 is 27.6. The Morgan fingerprint density at radius 3 is 2.69 bits per heavy atom. The molecular weight excluding hydrogens is 352 g/mol. The van der Waals surface area contributed by atoms with Crippen LogP contribution in [0.3, 0.4) is 0 Å². The van der Waals surface area contributed by atoms with E-state index in [1.54, 1.807) is 0 Å². The molecule has 1 aliphatic rings. The van der Waals surface area contributed by atoms with Gasteiger partial charge in [-0.2, -0.15) is 0 Å². The molecular formula is C19H28N2O4S. The van der Waals surface area contributed by atoms with Gasteiger partial charge in [-0.05, 0) is 63.6 Å². The lowest BCUT2D eigenvalue weighted by Crippen LogP contribution is -2.26. The van der Waals surface area contributed by atoms with Gasteiger partial charge in [0.15, 0.2) is 0 Å². The third-order valence-electron chi connectivity index (χ3n) is 4.67. The highest BCUT2D eigenvalue weighted by atomic mass is 32.2. The van der Waals surface area contributed by atoms with Crippen LogP contribution in [0.25, 0.3) is 0 Å². The van der Waals surface area contributed by atoms with Crippen molar-refractivity contribution in [1.82, 2.24) is 4.72 Å². The largest absolute Gasteiger partial charge is 0.478 e. The highest BCUT2D eigenvalue weighted by molar-refractivity contribution is 7.89. The van der Waals surface area contributed by atoms with E-state index in [0.717, 1.165) is 25.7 Å². The summed E-state index contributed by atoms with van der Waals surface area (Å²) in [4.78, 5) is 11.5. The second kappa shape index (κ2) is 9.19. The van der Waals surface area contributed by atoms with Crippen molar-refractivity contribution in [3.05, 3.63) is 35.4 Å². The molecule has 0 saturated heterocycles. The third kappa shape index (κ3) is 5.57. The summed E-state index contributed by atoms with van der Waals surface area (Å²) in [6, 6.07) is 4.28. The maximum atomic E-state index is 12.5. The lowest BCUT2D eigenvalue weighted by molar-refractivity contribution is 0.0697. The lowest BCUT2D eigenvalue weighted by Gasteiger charge is -2.16. The Balaban J connectivity index is 2.11. The van der Waals surface area contributed by atoms with Crippen LogP contribution in [0.15, 0.2) is 34.7 Å². The fourth-order valence-electron chi connectivity index (χ4n) is 2.92. The minimum Gasteiger partial charge on any atom is -0.478 e. The van der Waals surface area contributed by atoms with Crippen LogP contribution in [0.2, 0.25) is 0 Å². The molecule has 0 saturated carbocycles. The van der Waals surface area contributed by atoms with Crippen molar-refractivity contribution in [1.29, 1.82) is 0 Å². The van der Waals surface area contributed by atoms with Gasteiger partial charge in [0.2, 0.25) is 10.0 Å². The molecule has 3 N–H and O–H groups in total. The van der Waals surface area contributed by atoms with E-state index in [9.17, 15) is 18.3 Å². The second-order valence-corrected chi connectivity index (χ2v) is 8.49. The minimum atomic E-state index is -3.74. The molecule has 0 fully saturated rings. The monoisotopic (exact) mass is 380 g/mol. The van der Waals surface area contributed by atoms with Crippen molar-refractivity contribution in [2.24, 2.45) is 0 Å². The first-order chi connectivity index (χ1) is 12.3. The van der Waals surface area contributed by atoms with E-state index in [4.69, 9.17) is 0 Å². The standard InChI is InChI=1S/C19H28N2O4S/c1-3-14(2)21-18-10-9-16(13-17(18)19(22)23)26(24,25)20-12-11-15-7-5-4-6-8-15/h7,9-10,13-14,20-21H,3-6,8,11-12H2,1-2H3,(H,22,23)/t14-/m0/s1. The summed E-state index contributed by atoms with van der Waals surface area (Å²) in [5.74, 6) is -1.15.